The molecule has 0 aliphatic heterocycles. The van der Waals surface area contributed by atoms with Crippen molar-refractivity contribution in [3.05, 3.63) is 29.8 Å². The molecule has 7 nitrogen and oxygen atoms in total. The van der Waals surface area contributed by atoms with Gasteiger partial charge in [-0.2, -0.15) is 0 Å². The second-order valence-electron chi connectivity index (χ2n) is 4.56. The summed E-state index contributed by atoms with van der Waals surface area (Å²) in [6.07, 6.45) is -1.07. The summed E-state index contributed by atoms with van der Waals surface area (Å²) in [7, 11) is 5.08. The number of amides is 3. The number of rotatable bonds is 4. The zero-order chi connectivity index (χ0) is 16.0. The Morgan fingerprint density at radius 3 is 2.48 bits per heavy atom. The molecule has 0 aliphatic carbocycles. The monoisotopic (exact) mass is 293 g/mol. The van der Waals surface area contributed by atoms with Gasteiger partial charge in [-0.05, 0) is 25.1 Å². The fourth-order valence-electron chi connectivity index (χ4n) is 1.47. The highest BCUT2D eigenvalue weighted by Crippen LogP contribution is 2.14. The molecule has 0 bridgehead atoms. The number of imide groups is 1. The highest BCUT2D eigenvalue weighted by atomic mass is 16.5. The van der Waals surface area contributed by atoms with Crippen LogP contribution >= 0.6 is 0 Å². The summed E-state index contributed by atoms with van der Waals surface area (Å²) in [6.45, 7) is 1.39. The predicted octanol–water partition coefficient (Wildman–Crippen LogP) is 0.753. The fourth-order valence-corrected chi connectivity index (χ4v) is 1.47. The van der Waals surface area contributed by atoms with Crippen LogP contribution in [0.5, 0.6) is 0 Å². The van der Waals surface area contributed by atoms with E-state index in [9.17, 15) is 14.4 Å². The molecule has 0 saturated carbocycles. The van der Waals surface area contributed by atoms with Crippen molar-refractivity contribution in [2.45, 2.75) is 13.0 Å². The van der Waals surface area contributed by atoms with E-state index in [1.54, 1.807) is 18.2 Å². The van der Waals surface area contributed by atoms with Crippen LogP contribution in [0.1, 0.15) is 17.3 Å². The van der Waals surface area contributed by atoms with Crippen LogP contribution in [0.3, 0.4) is 0 Å². The molecule has 0 heterocycles. The summed E-state index contributed by atoms with van der Waals surface area (Å²) in [5, 5.41) is 4.28. The molecule has 0 spiro atoms. The molecule has 7 heteroatoms. The number of hydrogen-bond acceptors (Lipinski definition) is 5. The third-order valence-corrected chi connectivity index (χ3v) is 2.72. The van der Waals surface area contributed by atoms with E-state index in [1.807, 2.05) is 30.4 Å². The van der Waals surface area contributed by atoms with E-state index in [4.69, 9.17) is 4.74 Å². The van der Waals surface area contributed by atoms with Crippen molar-refractivity contribution in [1.82, 2.24) is 10.6 Å². The fraction of sp³-hybridized carbons (Fsp3) is 0.357. The lowest BCUT2D eigenvalue weighted by Gasteiger charge is -2.15. The van der Waals surface area contributed by atoms with E-state index >= 15 is 0 Å². The average Bonchev–Trinajstić information content (AvgIpc) is 2.46. The van der Waals surface area contributed by atoms with Crippen LogP contribution in [0.4, 0.5) is 10.5 Å². The number of nitrogens with zero attached hydrogens (tertiary/aromatic N) is 1. The Morgan fingerprint density at radius 2 is 1.90 bits per heavy atom. The lowest BCUT2D eigenvalue weighted by molar-refractivity contribution is -0.127. The largest absolute Gasteiger partial charge is 0.449 e. The van der Waals surface area contributed by atoms with Crippen LogP contribution in [-0.2, 0) is 9.53 Å². The number of esters is 1. The predicted molar refractivity (Wildman–Crippen MR) is 78.2 cm³/mol. The average molecular weight is 293 g/mol. The third kappa shape index (κ3) is 4.79. The Bertz CT molecular complexity index is 543. The first kappa shape index (κ1) is 16.5. The van der Waals surface area contributed by atoms with Gasteiger partial charge in [0, 0.05) is 26.8 Å². The molecule has 1 rings (SSSR count). The smallest absolute Gasteiger partial charge is 0.338 e. The first-order valence-corrected chi connectivity index (χ1v) is 6.36. The number of carbonyl (C=O) groups is 3. The Hall–Kier alpha value is -2.57. The number of carbonyl (C=O) groups excluding carboxylic acids is 3. The molecule has 2 N–H and O–H groups in total. The molecule has 21 heavy (non-hydrogen) atoms. The first-order valence-electron chi connectivity index (χ1n) is 6.36. The van der Waals surface area contributed by atoms with E-state index in [0.717, 1.165) is 5.69 Å². The molecule has 0 fully saturated rings. The van der Waals surface area contributed by atoms with Gasteiger partial charge >= 0.3 is 12.0 Å². The van der Waals surface area contributed by atoms with E-state index in [1.165, 1.54) is 14.0 Å². The highest BCUT2D eigenvalue weighted by molar-refractivity contribution is 5.98. The molecule has 0 unspecified atom stereocenters. The zero-order valence-electron chi connectivity index (χ0n) is 12.5. The molecule has 3 amide bonds. The number of anilines is 1. The van der Waals surface area contributed by atoms with Crippen LogP contribution in [0.2, 0.25) is 0 Å². The number of benzene rings is 1. The van der Waals surface area contributed by atoms with Crippen LogP contribution in [-0.4, -0.2) is 45.2 Å². The maximum Gasteiger partial charge on any atom is 0.338 e. The van der Waals surface area contributed by atoms with E-state index in [0.29, 0.717) is 5.56 Å². The molecule has 114 valence electrons. The Kier molecular flexibility index (Phi) is 5.71. The summed E-state index contributed by atoms with van der Waals surface area (Å²) >= 11 is 0. The minimum atomic E-state index is -1.07. The second-order valence-corrected chi connectivity index (χ2v) is 4.56. The first-order chi connectivity index (χ1) is 9.85. The highest BCUT2D eigenvalue weighted by Gasteiger charge is 2.20. The SMILES string of the molecule is CNC(=O)NC(=O)[C@H](C)OC(=O)c1cccc(N(C)C)c1. The summed E-state index contributed by atoms with van der Waals surface area (Å²) < 4.78 is 5.03. The normalized spacial score (nSPS) is 11.2. The maximum atomic E-state index is 12.0. The topological polar surface area (TPSA) is 87.7 Å². The van der Waals surface area contributed by atoms with E-state index in [2.05, 4.69) is 5.32 Å². The van der Waals surface area contributed by atoms with E-state index in [-0.39, 0.29) is 0 Å². The van der Waals surface area contributed by atoms with Crippen LogP contribution < -0.4 is 15.5 Å². The lowest BCUT2D eigenvalue weighted by atomic mass is 10.2. The van der Waals surface area contributed by atoms with Gasteiger partial charge < -0.3 is 15.0 Å². The van der Waals surface area contributed by atoms with Gasteiger partial charge in [0.2, 0.25) is 0 Å². The minimum absolute atomic E-state index is 0.334. The summed E-state index contributed by atoms with van der Waals surface area (Å²) in [4.78, 5) is 36.4. The van der Waals surface area contributed by atoms with Gasteiger partial charge in [0.1, 0.15) is 0 Å². The van der Waals surface area contributed by atoms with Gasteiger partial charge in [0.15, 0.2) is 6.10 Å². The molecule has 0 radical (unpaired) electrons. The van der Waals surface area contributed by atoms with Gasteiger partial charge in [-0.15, -0.1) is 0 Å². The minimum Gasteiger partial charge on any atom is -0.449 e. The molecule has 1 aromatic carbocycles. The van der Waals surface area contributed by atoms with Gasteiger partial charge in [-0.1, -0.05) is 6.07 Å². The summed E-state index contributed by atoms with van der Waals surface area (Å²) in [6, 6.07) is 6.17. The molecular weight excluding hydrogens is 274 g/mol. The van der Waals surface area contributed by atoms with Crippen molar-refractivity contribution in [2.24, 2.45) is 0 Å². The van der Waals surface area contributed by atoms with Crippen LogP contribution in [0.25, 0.3) is 0 Å². The van der Waals surface area contributed by atoms with Crippen molar-refractivity contribution in [2.75, 3.05) is 26.0 Å². The van der Waals surface area contributed by atoms with Crippen molar-refractivity contribution in [3.63, 3.8) is 0 Å². The number of nitrogens with one attached hydrogen (secondary N) is 2. The number of urea groups is 1. The number of hydrogen-bond donors (Lipinski definition) is 2. The van der Waals surface area contributed by atoms with Crippen molar-refractivity contribution < 1.29 is 19.1 Å². The molecule has 0 aliphatic rings. The van der Waals surface area contributed by atoms with Gasteiger partial charge in [0.05, 0.1) is 5.56 Å². The standard InChI is InChI=1S/C14H19N3O4/c1-9(12(18)16-14(20)15-2)21-13(19)10-6-5-7-11(8-10)17(3)4/h5-9H,1-4H3,(H2,15,16,18,20)/t9-/m0/s1. The Balaban J connectivity index is 2.70. The third-order valence-electron chi connectivity index (χ3n) is 2.72. The number of ether oxygens (including phenoxy) is 1. The molecule has 1 aromatic rings. The summed E-state index contributed by atoms with van der Waals surface area (Å²) in [5.41, 5.74) is 1.17. The van der Waals surface area contributed by atoms with Gasteiger partial charge in [-0.25, -0.2) is 9.59 Å². The van der Waals surface area contributed by atoms with Crippen molar-refractivity contribution in [3.8, 4) is 0 Å². The maximum absolute atomic E-state index is 12.0. The van der Waals surface area contributed by atoms with Crippen molar-refractivity contribution in [1.29, 1.82) is 0 Å². The van der Waals surface area contributed by atoms with Gasteiger partial charge in [-0.3, -0.25) is 10.1 Å². The quantitative estimate of drug-likeness (QED) is 0.800. The van der Waals surface area contributed by atoms with Gasteiger partial charge in [0.25, 0.3) is 5.91 Å². The van der Waals surface area contributed by atoms with Crippen LogP contribution in [0, 0.1) is 0 Å². The van der Waals surface area contributed by atoms with Crippen molar-refractivity contribution >= 4 is 23.6 Å². The van der Waals surface area contributed by atoms with E-state index < -0.39 is 24.0 Å². The Labute approximate surface area is 123 Å². The molecule has 0 aromatic heterocycles. The molecule has 0 saturated heterocycles. The van der Waals surface area contributed by atoms with Crippen LogP contribution in [0.15, 0.2) is 24.3 Å². The molecule has 1 atom stereocenters. The molecular formula is C14H19N3O4. The summed E-state index contributed by atoms with van der Waals surface area (Å²) in [5.74, 6) is -1.32. The second kappa shape index (κ2) is 7.28. The Morgan fingerprint density at radius 1 is 1.24 bits per heavy atom. The lowest BCUT2D eigenvalue weighted by Crippen LogP contribution is -2.43. The zero-order valence-corrected chi connectivity index (χ0v) is 12.5.